The minimum atomic E-state index is -0.669. The van der Waals surface area contributed by atoms with E-state index in [1.54, 1.807) is 14.2 Å². The van der Waals surface area contributed by atoms with E-state index in [0.717, 1.165) is 28.2 Å². The molecule has 0 saturated carbocycles. The van der Waals surface area contributed by atoms with Gasteiger partial charge in [0.2, 0.25) is 5.91 Å². The molecule has 5 nitrogen and oxygen atoms in total. The van der Waals surface area contributed by atoms with Gasteiger partial charge in [-0.2, -0.15) is 0 Å². The quantitative estimate of drug-likeness (QED) is 0.792. The number of hydrogen-bond donors (Lipinski definition) is 2. The van der Waals surface area contributed by atoms with Crippen molar-refractivity contribution in [3.63, 3.8) is 0 Å². The highest BCUT2D eigenvalue weighted by Crippen LogP contribution is 2.24. The number of nitrogens with one attached hydrogen (secondary N) is 1. The maximum Gasteiger partial charge on any atom is 0.241 e. The number of amides is 1. The van der Waals surface area contributed by atoms with Crippen LogP contribution in [0.3, 0.4) is 0 Å². The fraction of sp³-hybridized carbons (Fsp3) is 0.316. The first-order chi connectivity index (χ1) is 11.5. The van der Waals surface area contributed by atoms with Crippen molar-refractivity contribution >= 4 is 18.3 Å². The van der Waals surface area contributed by atoms with Crippen molar-refractivity contribution in [1.29, 1.82) is 0 Å². The van der Waals surface area contributed by atoms with E-state index < -0.39 is 6.04 Å². The summed E-state index contributed by atoms with van der Waals surface area (Å²) in [7, 11) is 3.24. The third-order valence-electron chi connectivity index (χ3n) is 3.90. The van der Waals surface area contributed by atoms with Crippen LogP contribution in [0.25, 0.3) is 0 Å². The predicted molar refractivity (Wildman–Crippen MR) is 102 cm³/mol. The van der Waals surface area contributed by atoms with Crippen molar-refractivity contribution in [2.45, 2.75) is 19.4 Å². The van der Waals surface area contributed by atoms with Crippen LogP contribution in [0.2, 0.25) is 0 Å². The Balaban J connectivity index is 0.00000312. The van der Waals surface area contributed by atoms with Gasteiger partial charge in [-0.25, -0.2) is 0 Å². The average molecular weight is 365 g/mol. The van der Waals surface area contributed by atoms with Crippen LogP contribution >= 0.6 is 12.4 Å². The molecule has 2 aromatic rings. The van der Waals surface area contributed by atoms with Crippen LogP contribution < -0.4 is 20.5 Å². The molecule has 2 rings (SSSR count). The zero-order valence-corrected chi connectivity index (χ0v) is 15.6. The standard InChI is InChI=1S/C19H24N2O3.ClH/c1-13-4-6-14(7-5-13)18(20)19(22)21-11-10-15-12-16(23-2)8-9-17(15)24-3;/h4-9,12,18H,10-11,20H2,1-3H3,(H,21,22);1H. The van der Waals surface area contributed by atoms with Crippen molar-refractivity contribution in [1.82, 2.24) is 5.32 Å². The van der Waals surface area contributed by atoms with Gasteiger partial charge in [0.1, 0.15) is 17.5 Å². The molecule has 0 aromatic heterocycles. The smallest absolute Gasteiger partial charge is 0.241 e. The SMILES string of the molecule is COc1ccc(OC)c(CCNC(=O)C(N)c2ccc(C)cc2)c1.Cl. The van der Waals surface area contributed by atoms with Gasteiger partial charge in [-0.3, -0.25) is 4.79 Å². The highest BCUT2D eigenvalue weighted by atomic mass is 35.5. The van der Waals surface area contributed by atoms with E-state index in [9.17, 15) is 4.79 Å². The van der Waals surface area contributed by atoms with Gasteiger partial charge in [0.15, 0.2) is 0 Å². The Morgan fingerprint density at radius 3 is 2.40 bits per heavy atom. The highest BCUT2D eigenvalue weighted by Gasteiger charge is 2.15. The van der Waals surface area contributed by atoms with Gasteiger partial charge in [0.25, 0.3) is 0 Å². The minimum absolute atomic E-state index is 0. The van der Waals surface area contributed by atoms with Crippen molar-refractivity contribution < 1.29 is 14.3 Å². The van der Waals surface area contributed by atoms with Crippen LogP contribution in [0.5, 0.6) is 11.5 Å². The van der Waals surface area contributed by atoms with Crippen LogP contribution in [0.15, 0.2) is 42.5 Å². The first kappa shape index (κ1) is 20.8. The number of carbonyl (C=O) groups excluding carboxylic acids is 1. The fourth-order valence-electron chi connectivity index (χ4n) is 2.43. The van der Waals surface area contributed by atoms with Gasteiger partial charge < -0.3 is 20.5 Å². The van der Waals surface area contributed by atoms with E-state index in [1.807, 2.05) is 49.4 Å². The molecular weight excluding hydrogens is 340 g/mol. The first-order valence-electron chi connectivity index (χ1n) is 7.86. The Morgan fingerprint density at radius 1 is 1.12 bits per heavy atom. The molecule has 0 fully saturated rings. The number of ether oxygens (including phenoxy) is 2. The molecule has 1 amide bonds. The molecule has 0 radical (unpaired) electrons. The third kappa shape index (κ3) is 5.66. The second kappa shape index (κ2) is 9.91. The molecule has 136 valence electrons. The number of carbonyl (C=O) groups is 1. The zero-order chi connectivity index (χ0) is 17.5. The van der Waals surface area contributed by atoms with E-state index in [2.05, 4.69) is 5.32 Å². The first-order valence-corrected chi connectivity index (χ1v) is 7.86. The molecule has 6 heteroatoms. The average Bonchev–Trinajstić information content (AvgIpc) is 2.61. The van der Waals surface area contributed by atoms with Crippen molar-refractivity contribution in [3.05, 3.63) is 59.2 Å². The maximum absolute atomic E-state index is 12.2. The molecule has 25 heavy (non-hydrogen) atoms. The minimum Gasteiger partial charge on any atom is -0.497 e. The predicted octanol–water partition coefficient (Wildman–Crippen LogP) is 2.79. The molecule has 0 heterocycles. The summed E-state index contributed by atoms with van der Waals surface area (Å²) in [6, 6.07) is 12.6. The summed E-state index contributed by atoms with van der Waals surface area (Å²) in [5.74, 6) is 1.34. The molecule has 1 unspecified atom stereocenters. The molecule has 2 aromatic carbocycles. The van der Waals surface area contributed by atoms with Gasteiger partial charge in [0, 0.05) is 6.54 Å². The second-order valence-electron chi connectivity index (χ2n) is 5.61. The Labute approximate surface area is 154 Å². The van der Waals surface area contributed by atoms with Gasteiger partial charge in [-0.05, 0) is 42.7 Å². The fourth-order valence-corrected chi connectivity index (χ4v) is 2.43. The third-order valence-corrected chi connectivity index (χ3v) is 3.90. The van der Waals surface area contributed by atoms with E-state index in [1.165, 1.54) is 0 Å². The van der Waals surface area contributed by atoms with E-state index in [-0.39, 0.29) is 18.3 Å². The van der Waals surface area contributed by atoms with Gasteiger partial charge >= 0.3 is 0 Å². The number of hydrogen-bond acceptors (Lipinski definition) is 4. The van der Waals surface area contributed by atoms with E-state index in [0.29, 0.717) is 13.0 Å². The zero-order valence-electron chi connectivity index (χ0n) is 14.7. The summed E-state index contributed by atoms with van der Waals surface area (Å²) in [4.78, 5) is 12.2. The van der Waals surface area contributed by atoms with Crippen LogP contribution in [0, 0.1) is 6.92 Å². The summed E-state index contributed by atoms with van der Waals surface area (Å²) in [6.45, 7) is 2.47. The molecular formula is C19H25ClN2O3. The lowest BCUT2D eigenvalue weighted by Crippen LogP contribution is -2.35. The Morgan fingerprint density at radius 2 is 1.80 bits per heavy atom. The number of rotatable bonds is 7. The van der Waals surface area contributed by atoms with Crippen LogP contribution in [-0.2, 0) is 11.2 Å². The molecule has 0 aliphatic rings. The number of methoxy groups -OCH3 is 2. The molecule has 0 spiro atoms. The van der Waals surface area contributed by atoms with E-state index >= 15 is 0 Å². The number of aryl methyl sites for hydroxylation is 1. The van der Waals surface area contributed by atoms with Crippen molar-refractivity contribution in [3.8, 4) is 11.5 Å². The van der Waals surface area contributed by atoms with Crippen LogP contribution in [0.4, 0.5) is 0 Å². The van der Waals surface area contributed by atoms with Crippen LogP contribution in [0.1, 0.15) is 22.7 Å². The molecule has 0 aliphatic heterocycles. The highest BCUT2D eigenvalue weighted by molar-refractivity contribution is 5.85. The summed E-state index contributed by atoms with van der Waals surface area (Å²) < 4.78 is 10.6. The molecule has 0 bridgehead atoms. The van der Waals surface area contributed by atoms with Crippen molar-refractivity contribution in [2.24, 2.45) is 5.73 Å². The van der Waals surface area contributed by atoms with Gasteiger partial charge in [-0.15, -0.1) is 12.4 Å². The lowest BCUT2D eigenvalue weighted by molar-refractivity contribution is -0.122. The topological polar surface area (TPSA) is 73.6 Å². The monoisotopic (exact) mass is 364 g/mol. The van der Waals surface area contributed by atoms with Gasteiger partial charge in [-0.1, -0.05) is 29.8 Å². The maximum atomic E-state index is 12.2. The lowest BCUT2D eigenvalue weighted by atomic mass is 10.1. The molecule has 0 saturated heterocycles. The summed E-state index contributed by atoms with van der Waals surface area (Å²) in [5.41, 5.74) is 8.92. The summed E-state index contributed by atoms with van der Waals surface area (Å²) >= 11 is 0. The Kier molecular flexibility index (Phi) is 8.25. The molecule has 3 N–H and O–H groups in total. The normalized spacial score (nSPS) is 11.2. The lowest BCUT2D eigenvalue weighted by Gasteiger charge is -2.14. The van der Waals surface area contributed by atoms with Crippen molar-refractivity contribution in [2.75, 3.05) is 20.8 Å². The summed E-state index contributed by atoms with van der Waals surface area (Å²) in [6.07, 6.45) is 0.632. The second-order valence-corrected chi connectivity index (χ2v) is 5.61. The number of benzene rings is 2. The number of halogens is 1. The summed E-state index contributed by atoms with van der Waals surface area (Å²) in [5, 5.41) is 2.87. The van der Waals surface area contributed by atoms with E-state index in [4.69, 9.17) is 15.2 Å². The number of nitrogens with two attached hydrogens (primary N) is 1. The van der Waals surface area contributed by atoms with Gasteiger partial charge in [0.05, 0.1) is 14.2 Å². The largest absolute Gasteiger partial charge is 0.497 e. The van der Waals surface area contributed by atoms with Crippen LogP contribution in [-0.4, -0.2) is 26.7 Å². The molecule has 1 atom stereocenters. The Hall–Kier alpha value is -2.24. The Bertz CT molecular complexity index is 690. The molecule has 0 aliphatic carbocycles.